The Hall–Kier alpha value is -4.34. The molecule has 0 spiro atoms. The van der Waals surface area contributed by atoms with E-state index in [-0.39, 0.29) is 24.0 Å². The summed E-state index contributed by atoms with van der Waals surface area (Å²) in [6.45, 7) is 2.81. The zero-order valence-electron chi connectivity index (χ0n) is 23.0. The number of aromatic nitrogens is 1. The normalized spacial score (nSPS) is 24.1. The van der Waals surface area contributed by atoms with Gasteiger partial charge in [-0.05, 0) is 74.8 Å². The highest BCUT2D eigenvalue weighted by Crippen LogP contribution is 2.36. The Morgan fingerprint density at radius 3 is 2.59 bits per heavy atom. The van der Waals surface area contributed by atoms with Crippen molar-refractivity contribution >= 4 is 40.6 Å². The molecule has 10 nitrogen and oxygen atoms in total. The highest BCUT2D eigenvalue weighted by Gasteiger charge is 2.44. The van der Waals surface area contributed by atoms with Gasteiger partial charge in [-0.1, -0.05) is 13.0 Å². The van der Waals surface area contributed by atoms with Crippen LogP contribution >= 0.6 is 0 Å². The standard InChI is InChI=1S/C31H34N6O4/c1-2-19-4-3-5-25(35-19)24(28(32)18-6-7-18)16-34-21-12-17(13-21)15-33-20-8-9-22-23(14-20)31(41)37(30(22)40)26-10-11-27(38)36-29(26)39/h3-5,8-9,14,16-18,21,26,32-34H,2,6-7,10-13,15H2,1H3,(H,36,38,39)/b24-16-,32-28?. The minimum Gasteiger partial charge on any atom is -0.388 e. The van der Waals surface area contributed by atoms with Crippen LogP contribution in [-0.4, -0.2) is 57.9 Å². The number of carbonyl (C=O) groups is 4. The molecule has 6 rings (SSSR count). The molecule has 1 atom stereocenters. The molecule has 2 aromatic rings. The molecule has 0 bridgehead atoms. The number of nitrogens with zero attached hydrogens (tertiary/aromatic N) is 2. The summed E-state index contributed by atoms with van der Waals surface area (Å²) in [5.41, 5.74) is 4.71. The van der Waals surface area contributed by atoms with Crippen LogP contribution in [0.5, 0.6) is 0 Å². The Morgan fingerprint density at radius 2 is 1.85 bits per heavy atom. The SMILES string of the molecule is CCc1cccc(/C(=C/NC2CC(CNc3ccc4c(c3)C(=O)N(C3CCC(=O)NC3=O)C4=O)C2)C(=N)C2CC2)n1. The van der Waals surface area contributed by atoms with Crippen LogP contribution in [0, 0.1) is 17.2 Å². The van der Waals surface area contributed by atoms with Gasteiger partial charge in [0.05, 0.1) is 16.8 Å². The topological polar surface area (TPSA) is 144 Å². The van der Waals surface area contributed by atoms with Crippen molar-refractivity contribution in [2.45, 2.75) is 64.0 Å². The third-order valence-corrected chi connectivity index (χ3v) is 8.45. The van der Waals surface area contributed by atoms with Crippen LogP contribution in [0.2, 0.25) is 0 Å². The van der Waals surface area contributed by atoms with E-state index in [9.17, 15) is 19.2 Å². The monoisotopic (exact) mass is 554 g/mol. The summed E-state index contributed by atoms with van der Waals surface area (Å²) in [7, 11) is 0. The quantitative estimate of drug-likeness (QED) is 0.261. The first-order chi connectivity index (χ1) is 19.8. The van der Waals surface area contributed by atoms with Crippen molar-refractivity contribution in [1.82, 2.24) is 20.5 Å². The second kappa shape index (κ2) is 10.9. The lowest BCUT2D eigenvalue weighted by molar-refractivity contribution is -0.136. The van der Waals surface area contributed by atoms with Crippen molar-refractivity contribution in [3.8, 4) is 0 Å². The summed E-state index contributed by atoms with van der Waals surface area (Å²) < 4.78 is 0. The van der Waals surface area contributed by atoms with E-state index in [1.54, 1.807) is 18.2 Å². The number of hydrogen-bond donors (Lipinski definition) is 4. The lowest BCUT2D eigenvalue weighted by atomic mass is 9.80. The molecule has 1 saturated heterocycles. The van der Waals surface area contributed by atoms with Gasteiger partial charge in [-0.15, -0.1) is 0 Å². The molecule has 3 fully saturated rings. The molecule has 2 aliphatic carbocycles. The van der Waals surface area contributed by atoms with E-state index >= 15 is 0 Å². The van der Waals surface area contributed by atoms with Gasteiger partial charge < -0.3 is 16.0 Å². The number of allylic oxidation sites excluding steroid dienone is 1. The number of carbonyl (C=O) groups excluding carboxylic acids is 4. The molecule has 1 aromatic heterocycles. The van der Waals surface area contributed by atoms with E-state index in [1.807, 2.05) is 24.4 Å². The lowest BCUT2D eigenvalue weighted by Crippen LogP contribution is -2.54. The first kappa shape index (κ1) is 26.9. The third kappa shape index (κ3) is 5.38. The number of pyridine rings is 1. The molecule has 0 radical (unpaired) electrons. The van der Waals surface area contributed by atoms with Crippen LogP contribution in [0.1, 0.15) is 77.6 Å². The molecule has 2 aliphatic heterocycles. The van der Waals surface area contributed by atoms with Crippen LogP contribution in [0.15, 0.2) is 42.6 Å². The molecule has 41 heavy (non-hydrogen) atoms. The van der Waals surface area contributed by atoms with Gasteiger partial charge in [-0.2, -0.15) is 0 Å². The molecule has 3 heterocycles. The van der Waals surface area contributed by atoms with Crippen LogP contribution in [0.25, 0.3) is 5.57 Å². The van der Waals surface area contributed by atoms with Gasteiger partial charge in [0.1, 0.15) is 6.04 Å². The molecule has 10 heteroatoms. The van der Waals surface area contributed by atoms with E-state index in [0.717, 1.165) is 66.2 Å². The Morgan fingerprint density at radius 1 is 1.07 bits per heavy atom. The molecule has 1 unspecified atom stereocenters. The fraction of sp³-hybridized carbons (Fsp3) is 0.419. The minimum absolute atomic E-state index is 0.0942. The second-order valence-electron chi connectivity index (χ2n) is 11.4. The van der Waals surface area contributed by atoms with Crippen molar-refractivity contribution in [2.75, 3.05) is 11.9 Å². The predicted molar refractivity (Wildman–Crippen MR) is 153 cm³/mol. The number of hydrogen-bond acceptors (Lipinski definition) is 8. The maximum absolute atomic E-state index is 13.1. The Balaban J connectivity index is 1.04. The molecule has 4 amide bonds. The Bertz CT molecular complexity index is 1470. The molecule has 212 valence electrons. The summed E-state index contributed by atoms with van der Waals surface area (Å²) in [6, 6.07) is 10.4. The largest absolute Gasteiger partial charge is 0.388 e. The number of benzene rings is 1. The second-order valence-corrected chi connectivity index (χ2v) is 11.4. The average Bonchev–Trinajstić information content (AvgIpc) is 3.77. The number of imide groups is 2. The van der Waals surface area contributed by atoms with E-state index < -0.39 is 29.7 Å². The van der Waals surface area contributed by atoms with E-state index in [4.69, 9.17) is 10.4 Å². The number of fused-ring (bicyclic) bond motifs is 1. The van der Waals surface area contributed by atoms with Crippen LogP contribution in [0.3, 0.4) is 0 Å². The van der Waals surface area contributed by atoms with Gasteiger partial charge >= 0.3 is 0 Å². The first-order valence-corrected chi connectivity index (χ1v) is 14.4. The van der Waals surface area contributed by atoms with Crippen LogP contribution in [-0.2, 0) is 16.0 Å². The third-order valence-electron chi connectivity index (χ3n) is 8.45. The zero-order chi connectivity index (χ0) is 28.7. The van der Waals surface area contributed by atoms with Crippen LogP contribution < -0.4 is 16.0 Å². The first-order valence-electron chi connectivity index (χ1n) is 14.4. The smallest absolute Gasteiger partial charge is 0.262 e. The summed E-state index contributed by atoms with van der Waals surface area (Å²) >= 11 is 0. The maximum atomic E-state index is 13.1. The van der Waals surface area contributed by atoms with E-state index in [1.165, 1.54) is 0 Å². The van der Waals surface area contributed by atoms with Crippen molar-refractivity contribution in [3.05, 3.63) is 65.1 Å². The maximum Gasteiger partial charge on any atom is 0.262 e. The number of anilines is 1. The van der Waals surface area contributed by atoms with Gasteiger partial charge in [0.2, 0.25) is 11.8 Å². The molecule has 1 aromatic carbocycles. The predicted octanol–water partition coefficient (Wildman–Crippen LogP) is 3.30. The number of piperidine rings is 1. The fourth-order valence-electron chi connectivity index (χ4n) is 5.79. The van der Waals surface area contributed by atoms with Gasteiger partial charge in [0, 0.05) is 53.8 Å². The molecular formula is C31H34N6O4. The number of nitrogens with one attached hydrogen (secondary N) is 4. The fourth-order valence-corrected chi connectivity index (χ4v) is 5.79. The number of rotatable bonds is 10. The molecular weight excluding hydrogens is 520 g/mol. The van der Waals surface area contributed by atoms with Gasteiger partial charge in [0.15, 0.2) is 0 Å². The lowest BCUT2D eigenvalue weighted by Gasteiger charge is -2.36. The number of aryl methyl sites for hydroxylation is 1. The van der Waals surface area contributed by atoms with Crippen LogP contribution in [0.4, 0.5) is 5.69 Å². The highest BCUT2D eigenvalue weighted by molar-refractivity contribution is 6.24. The zero-order valence-corrected chi connectivity index (χ0v) is 23.0. The number of amides is 4. The Labute approximate surface area is 238 Å². The van der Waals surface area contributed by atoms with E-state index in [0.29, 0.717) is 23.6 Å². The summed E-state index contributed by atoms with van der Waals surface area (Å²) in [6.07, 6.45) is 7.15. The molecule has 4 N–H and O–H groups in total. The van der Waals surface area contributed by atoms with Gasteiger partial charge in [0.25, 0.3) is 11.8 Å². The van der Waals surface area contributed by atoms with Crippen molar-refractivity contribution in [3.63, 3.8) is 0 Å². The van der Waals surface area contributed by atoms with Crippen molar-refractivity contribution in [2.24, 2.45) is 11.8 Å². The van der Waals surface area contributed by atoms with Gasteiger partial charge in [-0.25, -0.2) is 0 Å². The summed E-state index contributed by atoms with van der Waals surface area (Å²) in [5, 5.41) is 17.8. The van der Waals surface area contributed by atoms with Crippen molar-refractivity contribution < 1.29 is 19.2 Å². The Kier molecular flexibility index (Phi) is 7.15. The molecule has 4 aliphatic rings. The molecule has 2 saturated carbocycles. The van der Waals surface area contributed by atoms with E-state index in [2.05, 4.69) is 22.9 Å². The minimum atomic E-state index is -0.968. The van der Waals surface area contributed by atoms with Crippen molar-refractivity contribution in [1.29, 1.82) is 5.41 Å². The average molecular weight is 555 g/mol. The highest BCUT2D eigenvalue weighted by atomic mass is 16.2. The summed E-state index contributed by atoms with van der Waals surface area (Å²) in [5.74, 6) is -1.24. The van der Waals surface area contributed by atoms with Gasteiger partial charge in [-0.3, -0.25) is 34.4 Å². The summed E-state index contributed by atoms with van der Waals surface area (Å²) in [4.78, 5) is 55.5.